The zero-order valence-electron chi connectivity index (χ0n) is 11.2. The molecule has 0 bridgehead atoms. The summed E-state index contributed by atoms with van der Waals surface area (Å²) in [6.07, 6.45) is 1.93. The Labute approximate surface area is 119 Å². The van der Waals surface area contributed by atoms with Gasteiger partial charge < -0.3 is 9.47 Å². The van der Waals surface area contributed by atoms with E-state index in [4.69, 9.17) is 4.74 Å². The number of carbonyl (C=O) groups excluding carboxylic acids is 1. The van der Waals surface area contributed by atoms with Crippen LogP contribution in [0.25, 0.3) is 0 Å². The van der Waals surface area contributed by atoms with E-state index in [1.165, 1.54) is 12.0 Å². The molecule has 103 valence electrons. The third-order valence-corrected chi connectivity index (χ3v) is 2.97. The van der Waals surface area contributed by atoms with Crippen LogP contribution in [0.3, 0.4) is 0 Å². The van der Waals surface area contributed by atoms with Crippen molar-refractivity contribution in [1.29, 1.82) is 0 Å². The molecule has 0 spiro atoms. The highest BCUT2D eigenvalue weighted by Crippen LogP contribution is 2.19. The predicted molar refractivity (Wildman–Crippen MR) is 77.2 cm³/mol. The lowest BCUT2D eigenvalue weighted by Crippen LogP contribution is -2.02. The summed E-state index contributed by atoms with van der Waals surface area (Å²) in [6.45, 7) is 2.26. The van der Waals surface area contributed by atoms with Gasteiger partial charge in [-0.3, -0.25) is 0 Å². The fourth-order valence-corrected chi connectivity index (χ4v) is 1.97. The third-order valence-electron chi connectivity index (χ3n) is 2.97. The average Bonchev–Trinajstić information content (AvgIpc) is 2.51. The molecule has 3 nitrogen and oxygen atoms in total. The molecule has 3 heteroatoms. The average molecular weight is 269 g/mol. The second kappa shape index (κ2) is 8.00. The number of hydrogen-bond donors (Lipinski definition) is 0. The number of rotatable bonds is 8. The largest absolute Gasteiger partial charge is 0.493 e. The van der Waals surface area contributed by atoms with Crippen molar-refractivity contribution in [3.8, 4) is 5.75 Å². The highest BCUT2D eigenvalue weighted by molar-refractivity contribution is 5.40. The van der Waals surface area contributed by atoms with Crippen molar-refractivity contribution in [1.82, 2.24) is 0 Å². The van der Waals surface area contributed by atoms with Gasteiger partial charge in [0.05, 0.1) is 6.61 Å². The van der Waals surface area contributed by atoms with Gasteiger partial charge in [-0.25, -0.2) is 4.79 Å². The maximum absolute atomic E-state index is 10.1. The molecule has 0 aliphatic rings. The molecule has 0 saturated carbocycles. The van der Waals surface area contributed by atoms with E-state index >= 15 is 0 Å². The van der Waals surface area contributed by atoms with Gasteiger partial charge in [0.2, 0.25) is 0 Å². The van der Waals surface area contributed by atoms with Crippen molar-refractivity contribution in [2.24, 2.45) is 0 Å². The molecule has 20 heavy (non-hydrogen) atoms. The van der Waals surface area contributed by atoms with Gasteiger partial charge in [0.25, 0.3) is 0 Å². The molecule has 2 rings (SSSR count). The Morgan fingerprint density at radius 1 is 0.950 bits per heavy atom. The van der Waals surface area contributed by atoms with E-state index in [0.29, 0.717) is 6.61 Å². The standard InChI is InChI=1S/C17H17O3/c18-14-19-13-16-10-4-5-11-17(16)20-12-6-9-15-7-2-1-3-8-15/h1-5,7-8,10-11H,6,9,12-13H2. The molecule has 1 radical (unpaired) electrons. The lowest BCUT2D eigenvalue weighted by Gasteiger charge is -2.10. The Hall–Kier alpha value is -2.29. The van der Waals surface area contributed by atoms with Gasteiger partial charge in [0.15, 0.2) is 0 Å². The Morgan fingerprint density at radius 3 is 2.50 bits per heavy atom. The van der Waals surface area contributed by atoms with Crippen molar-refractivity contribution in [3.63, 3.8) is 0 Å². The van der Waals surface area contributed by atoms with Crippen molar-refractivity contribution < 1.29 is 14.3 Å². The quantitative estimate of drug-likeness (QED) is 0.690. The van der Waals surface area contributed by atoms with Crippen LogP contribution in [0.1, 0.15) is 17.5 Å². The summed E-state index contributed by atoms with van der Waals surface area (Å²) in [4.78, 5) is 10.1. The predicted octanol–water partition coefficient (Wildman–Crippen LogP) is 3.28. The Balaban J connectivity index is 1.80. The van der Waals surface area contributed by atoms with Crippen molar-refractivity contribution in [2.75, 3.05) is 6.61 Å². The molecule has 0 aliphatic carbocycles. The highest BCUT2D eigenvalue weighted by Gasteiger charge is 2.03. The summed E-state index contributed by atoms with van der Waals surface area (Å²) in [5.74, 6) is 0.760. The van der Waals surface area contributed by atoms with Crippen LogP contribution in [0.15, 0.2) is 54.6 Å². The first kappa shape index (κ1) is 14.1. The molecule has 0 heterocycles. The van der Waals surface area contributed by atoms with Crippen molar-refractivity contribution >= 4 is 6.47 Å². The van der Waals surface area contributed by atoms with Crippen LogP contribution in [0.5, 0.6) is 5.75 Å². The topological polar surface area (TPSA) is 35.5 Å². The lowest BCUT2D eigenvalue weighted by molar-refractivity contribution is 0.253. The van der Waals surface area contributed by atoms with E-state index < -0.39 is 0 Å². The van der Waals surface area contributed by atoms with Crippen LogP contribution < -0.4 is 4.74 Å². The fraction of sp³-hybridized carbons (Fsp3) is 0.235. The number of aryl methyl sites for hydroxylation is 1. The Morgan fingerprint density at radius 2 is 1.70 bits per heavy atom. The summed E-state index contributed by atoms with van der Waals surface area (Å²) in [5.41, 5.74) is 2.17. The molecule has 0 saturated heterocycles. The second-order valence-corrected chi connectivity index (χ2v) is 4.42. The van der Waals surface area contributed by atoms with Gasteiger partial charge in [-0.1, -0.05) is 48.5 Å². The van der Waals surface area contributed by atoms with Crippen LogP contribution in [0.2, 0.25) is 0 Å². The summed E-state index contributed by atoms with van der Waals surface area (Å²) in [7, 11) is 0. The van der Waals surface area contributed by atoms with E-state index in [-0.39, 0.29) is 6.61 Å². The van der Waals surface area contributed by atoms with E-state index in [1.807, 2.05) is 42.5 Å². The molecule has 2 aromatic rings. The maximum atomic E-state index is 10.1. The van der Waals surface area contributed by atoms with Crippen LogP contribution in [0, 0.1) is 0 Å². The van der Waals surface area contributed by atoms with Gasteiger partial charge in [-0.2, -0.15) is 0 Å². The summed E-state index contributed by atoms with van der Waals surface area (Å²) >= 11 is 0. The number of ether oxygens (including phenoxy) is 2. The SMILES string of the molecule is O=[C]OCc1ccccc1OCCCc1ccccc1. The molecule has 2 aromatic carbocycles. The molecular formula is C17H17O3. The van der Waals surface area contributed by atoms with E-state index in [1.54, 1.807) is 0 Å². The van der Waals surface area contributed by atoms with Gasteiger partial charge in [0, 0.05) is 5.56 Å². The monoisotopic (exact) mass is 269 g/mol. The molecule has 0 amide bonds. The molecule has 0 N–H and O–H groups in total. The molecular weight excluding hydrogens is 252 g/mol. The first-order chi connectivity index (χ1) is 9.90. The zero-order chi connectivity index (χ0) is 14.0. The molecule has 0 atom stereocenters. The van der Waals surface area contributed by atoms with E-state index in [2.05, 4.69) is 16.9 Å². The third kappa shape index (κ3) is 4.43. The van der Waals surface area contributed by atoms with E-state index in [0.717, 1.165) is 24.2 Å². The smallest absolute Gasteiger partial charge is 0.417 e. The minimum Gasteiger partial charge on any atom is -0.493 e. The van der Waals surface area contributed by atoms with Gasteiger partial charge in [-0.15, -0.1) is 0 Å². The van der Waals surface area contributed by atoms with Crippen LogP contribution in [-0.2, 0) is 22.6 Å². The minimum atomic E-state index is 0.193. The molecule has 0 unspecified atom stereocenters. The van der Waals surface area contributed by atoms with Crippen molar-refractivity contribution in [3.05, 3.63) is 65.7 Å². The van der Waals surface area contributed by atoms with Crippen LogP contribution >= 0.6 is 0 Å². The normalized spacial score (nSPS) is 10.0. The number of hydrogen-bond acceptors (Lipinski definition) is 3. The van der Waals surface area contributed by atoms with Gasteiger partial charge in [0.1, 0.15) is 12.4 Å². The first-order valence-corrected chi connectivity index (χ1v) is 6.63. The van der Waals surface area contributed by atoms with Crippen LogP contribution in [-0.4, -0.2) is 13.1 Å². The molecule has 0 aliphatic heterocycles. The number of para-hydroxylation sites is 1. The summed E-state index contributed by atoms with van der Waals surface area (Å²) < 4.78 is 10.4. The van der Waals surface area contributed by atoms with Crippen molar-refractivity contribution in [2.45, 2.75) is 19.4 Å². The lowest BCUT2D eigenvalue weighted by atomic mass is 10.1. The van der Waals surface area contributed by atoms with Gasteiger partial charge >= 0.3 is 6.47 Å². The van der Waals surface area contributed by atoms with Crippen LogP contribution in [0.4, 0.5) is 0 Å². The Bertz CT molecular complexity index is 523. The maximum Gasteiger partial charge on any atom is 0.417 e. The minimum absolute atomic E-state index is 0.193. The summed E-state index contributed by atoms with van der Waals surface area (Å²) in [5, 5.41) is 0. The fourth-order valence-electron chi connectivity index (χ4n) is 1.97. The number of benzene rings is 2. The first-order valence-electron chi connectivity index (χ1n) is 6.63. The Kier molecular flexibility index (Phi) is 5.65. The summed E-state index contributed by atoms with van der Waals surface area (Å²) in [6, 6.07) is 17.9. The zero-order valence-corrected chi connectivity index (χ0v) is 11.2. The molecule has 0 fully saturated rings. The molecule has 0 aromatic heterocycles. The second-order valence-electron chi connectivity index (χ2n) is 4.42. The van der Waals surface area contributed by atoms with Gasteiger partial charge in [-0.05, 0) is 24.5 Å². The highest BCUT2D eigenvalue weighted by atomic mass is 16.5. The van der Waals surface area contributed by atoms with E-state index in [9.17, 15) is 4.79 Å².